The number of likely N-dealkylation sites (tertiary alicyclic amines) is 1. The van der Waals surface area contributed by atoms with Gasteiger partial charge in [0.15, 0.2) is 0 Å². The maximum Gasteiger partial charge on any atom is 0.381 e. The van der Waals surface area contributed by atoms with Gasteiger partial charge in [-0.15, -0.1) is 0 Å². The van der Waals surface area contributed by atoms with Crippen molar-refractivity contribution < 1.29 is 19.5 Å². The summed E-state index contributed by atoms with van der Waals surface area (Å²) in [6.45, 7) is 0. The molecule has 1 heterocycles. The molecule has 5 heteroatoms. The van der Waals surface area contributed by atoms with Gasteiger partial charge >= 0.3 is 5.97 Å². The average Bonchev–Trinajstić information content (AvgIpc) is 2.78. The number of carbonyl (C=O) groups excluding carboxylic acids is 2. The van der Waals surface area contributed by atoms with E-state index in [0.29, 0.717) is 6.42 Å². The van der Waals surface area contributed by atoms with Crippen LogP contribution in [0.2, 0.25) is 0 Å². The summed E-state index contributed by atoms with van der Waals surface area (Å²) in [5, 5.41) is 8.56. The van der Waals surface area contributed by atoms with Crippen LogP contribution in [-0.4, -0.2) is 33.8 Å². The van der Waals surface area contributed by atoms with E-state index < -0.39 is 12.0 Å². The first-order valence-electron chi connectivity index (χ1n) is 6.68. The zero-order valence-electron chi connectivity index (χ0n) is 11.4. The number of nitrogens with zero attached hydrogens (tertiary/aromatic N) is 1. The highest BCUT2D eigenvalue weighted by molar-refractivity contribution is 6.02. The molecule has 1 aromatic rings. The molecule has 2 rings (SSSR count). The van der Waals surface area contributed by atoms with Gasteiger partial charge in [-0.2, -0.15) is 0 Å². The van der Waals surface area contributed by atoms with E-state index in [1.54, 1.807) is 0 Å². The third-order valence-electron chi connectivity index (χ3n) is 3.30. The van der Waals surface area contributed by atoms with Gasteiger partial charge in [0, 0.05) is 25.2 Å². The van der Waals surface area contributed by atoms with Crippen LogP contribution in [0.1, 0.15) is 24.8 Å². The molecule has 0 spiro atoms. The number of carbonyl (C=O) groups is 3. The van der Waals surface area contributed by atoms with Gasteiger partial charge in [-0.05, 0) is 12.0 Å². The lowest BCUT2D eigenvalue weighted by Gasteiger charge is -2.24. The molecule has 21 heavy (non-hydrogen) atoms. The molecule has 1 unspecified atom stereocenters. The Kier molecular flexibility index (Phi) is 4.72. The molecule has 0 aliphatic carbocycles. The largest absolute Gasteiger partial charge is 0.472 e. The molecule has 1 atom stereocenters. The Morgan fingerprint density at radius 3 is 2.38 bits per heavy atom. The van der Waals surface area contributed by atoms with Crippen LogP contribution in [0.3, 0.4) is 0 Å². The molecule has 5 nitrogen and oxygen atoms in total. The number of benzene rings is 1. The lowest BCUT2D eigenvalue weighted by molar-refractivity contribution is -0.141. The minimum Gasteiger partial charge on any atom is -0.472 e. The van der Waals surface area contributed by atoms with Crippen LogP contribution < -0.4 is 0 Å². The first kappa shape index (κ1) is 14.8. The highest BCUT2D eigenvalue weighted by atomic mass is 16.4. The van der Waals surface area contributed by atoms with Crippen molar-refractivity contribution in [3.63, 3.8) is 0 Å². The number of aliphatic carboxylic acids is 1. The summed E-state index contributed by atoms with van der Waals surface area (Å²) >= 11 is 0. The maximum absolute atomic E-state index is 11.9. The van der Waals surface area contributed by atoms with Gasteiger partial charge in [-0.1, -0.05) is 36.3 Å². The lowest BCUT2D eigenvalue weighted by atomic mass is 10.0. The van der Waals surface area contributed by atoms with E-state index >= 15 is 0 Å². The standard InChI is InChI=1S/C16H15NO4/c18-14-9-10-15(19)17(14)13(7-4-8-16(20)21)11-12-5-2-1-3-6-12/h1-3,5-6,13H,7,9-11H2,(H,20,21). The van der Waals surface area contributed by atoms with Gasteiger partial charge in [0.1, 0.15) is 0 Å². The van der Waals surface area contributed by atoms with E-state index in [4.69, 9.17) is 5.11 Å². The molecule has 0 saturated carbocycles. The van der Waals surface area contributed by atoms with E-state index in [1.807, 2.05) is 36.3 Å². The number of hydrogen-bond acceptors (Lipinski definition) is 3. The normalized spacial score (nSPS) is 15.5. The summed E-state index contributed by atoms with van der Waals surface area (Å²) in [6.07, 6.45) is 1.08. The van der Waals surface area contributed by atoms with E-state index in [1.165, 1.54) is 4.90 Å². The lowest BCUT2D eigenvalue weighted by Crippen LogP contribution is -2.40. The molecule has 0 radical (unpaired) electrons. The third kappa shape index (κ3) is 3.93. The zero-order valence-corrected chi connectivity index (χ0v) is 11.4. The van der Waals surface area contributed by atoms with E-state index in [9.17, 15) is 14.4 Å². The molecule has 0 aromatic heterocycles. The molecular formula is C16H15NO4. The van der Waals surface area contributed by atoms with Crippen LogP contribution >= 0.6 is 0 Å². The smallest absolute Gasteiger partial charge is 0.381 e. The fourth-order valence-electron chi connectivity index (χ4n) is 2.39. The van der Waals surface area contributed by atoms with Crippen LogP contribution in [0.15, 0.2) is 30.3 Å². The summed E-state index contributed by atoms with van der Waals surface area (Å²) < 4.78 is 0. The molecule has 1 aliphatic rings. The van der Waals surface area contributed by atoms with Crippen molar-refractivity contribution in [1.29, 1.82) is 0 Å². The molecular weight excluding hydrogens is 270 g/mol. The molecule has 1 aromatic carbocycles. The summed E-state index contributed by atoms with van der Waals surface area (Å²) in [7, 11) is 0. The molecule has 1 N–H and O–H groups in total. The fourth-order valence-corrected chi connectivity index (χ4v) is 2.39. The molecule has 1 fully saturated rings. The Labute approximate surface area is 122 Å². The van der Waals surface area contributed by atoms with Crippen molar-refractivity contribution in [2.24, 2.45) is 0 Å². The van der Waals surface area contributed by atoms with Crippen molar-refractivity contribution in [2.45, 2.75) is 31.7 Å². The number of carboxylic acids is 1. The Balaban J connectivity index is 2.18. The minimum atomic E-state index is -1.22. The zero-order chi connectivity index (χ0) is 15.2. The summed E-state index contributed by atoms with van der Waals surface area (Å²) in [5.41, 5.74) is 0.979. The van der Waals surface area contributed by atoms with Crippen LogP contribution in [0.25, 0.3) is 0 Å². The summed E-state index contributed by atoms with van der Waals surface area (Å²) in [6, 6.07) is 9.04. The Morgan fingerprint density at radius 2 is 1.81 bits per heavy atom. The van der Waals surface area contributed by atoms with Gasteiger partial charge in [0.25, 0.3) is 0 Å². The number of amides is 2. The van der Waals surface area contributed by atoms with Crippen molar-refractivity contribution in [3.8, 4) is 11.8 Å². The predicted molar refractivity (Wildman–Crippen MR) is 75.0 cm³/mol. The van der Waals surface area contributed by atoms with Crippen LogP contribution in [0, 0.1) is 11.8 Å². The molecule has 2 amide bonds. The molecule has 0 bridgehead atoms. The molecule has 1 aliphatic heterocycles. The number of carboxylic acid groups (broad SMARTS) is 1. The quantitative estimate of drug-likeness (QED) is 0.667. The van der Waals surface area contributed by atoms with Crippen LogP contribution in [-0.2, 0) is 20.8 Å². The van der Waals surface area contributed by atoms with Crippen LogP contribution in [0.4, 0.5) is 0 Å². The Morgan fingerprint density at radius 1 is 1.19 bits per heavy atom. The number of hydrogen-bond donors (Lipinski definition) is 1. The second kappa shape index (κ2) is 6.71. The second-order valence-corrected chi connectivity index (χ2v) is 4.81. The Bertz CT molecular complexity index is 596. The predicted octanol–water partition coefficient (Wildman–Crippen LogP) is 1.22. The summed E-state index contributed by atoms with van der Waals surface area (Å²) in [5.74, 6) is 2.92. The number of rotatable bonds is 4. The van der Waals surface area contributed by atoms with Crippen LogP contribution in [0.5, 0.6) is 0 Å². The van der Waals surface area contributed by atoms with Crippen molar-refractivity contribution in [2.75, 3.05) is 0 Å². The minimum absolute atomic E-state index is 0.165. The van der Waals surface area contributed by atoms with Gasteiger partial charge < -0.3 is 5.11 Å². The van der Waals surface area contributed by atoms with Gasteiger partial charge in [-0.25, -0.2) is 4.79 Å². The van der Waals surface area contributed by atoms with E-state index in [-0.39, 0.29) is 31.1 Å². The van der Waals surface area contributed by atoms with Gasteiger partial charge in [0.05, 0.1) is 6.04 Å². The highest BCUT2D eigenvalue weighted by Crippen LogP contribution is 2.20. The fraction of sp³-hybridized carbons (Fsp3) is 0.312. The maximum atomic E-state index is 11.9. The van der Waals surface area contributed by atoms with E-state index in [0.717, 1.165) is 5.56 Å². The van der Waals surface area contributed by atoms with Crippen molar-refractivity contribution in [3.05, 3.63) is 35.9 Å². The Hall–Kier alpha value is -2.61. The molecule has 108 valence electrons. The first-order valence-corrected chi connectivity index (χ1v) is 6.68. The third-order valence-corrected chi connectivity index (χ3v) is 3.30. The molecule has 1 saturated heterocycles. The van der Waals surface area contributed by atoms with Gasteiger partial charge in [0.2, 0.25) is 11.8 Å². The monoisotopic (exact) mass is 285 g/mol. The second-order valence-electron chi connectivity index (χ2n) is 4.81. The first-order chi connectivity index (χ1) is 10.1. The van der Waals surface area contributed by atoms with Crippen molar-refractivity contribution in [1.82, 2.24) is 4.90 Å². The summed E-state index contributed by atoms with van der Waals surface area (Å²) in [4.78, 5) is 35.4. The highest BCUT2D eigenvalue weighted by Gasteiger charge is 2.34. The van der Waals surface area contributed by atoms with Crippen molar-refractivity contribution >= 4 is 17.8 Å². The average molecular weight is 285 g/mol. The SMILES string of the molecule is O=C(O)C#CCC(Cc1ccccc1)N1C(=O)CCC1=O. The topological polar surface area (TPSA) is 74.7 Å². The number of imide groups is 1. The van der Waals surface area contributed by atoms with E-state index in [2.05, 4.69) is 5.92 Å². The van der Waals surface area contributed by atoms with Gasteiger partial charge in [-0.3, -0.25) is 14.5 Å².